The lowest BCUT2D eigenvalue weighted by atomic mass is 10.1. The molecular weight excluding hydrogens is 368 g/mol. The molecule has 2 aromatic carbocycles. The van der Waals surface area contributed by atoms with Gasteiger partial charge in [0, 0.05) is 63.5 Å². The summed E-state index contributed by atoms with van der Waals surface area (Å²) in [4.78, 5) is 27.4. The summed E-state index contributed by atoms with van der Waals surface area (Å²) in [6.45, 7) is 9.50. The average molecular weight is 396 g/mol. The number of anilines is 1. The lowest BCUT2D eigenvalue weighted by Crippen LogP contribution is -2.46. The molecule has 1 fully saturated rings. The van der Waals surface area contributed by atoms with Gasteiger partial charge in [-0.3, -0.25) is 19.8 Å². The number of hydrogen-bond acceptors (Lipinski definition) is 5. The molecule has 0 aromatic heterocycles. The Kier molecular flexibility index (Phi) is 6.95. The maximum atomic E-state index is 12.3. The van der Waals surface area contributed by atoms with Crippen molar-refractivity contribution in [1.29, 1.82) is 0 Å². The zero-order valence-electron chi connectivity index (χ0n) is 17.1. The van der Waals surface area contributed by atoms with Gasteiger partial charge < -0.3 is 10.2 Å². The summed E-state index contributed by atoms with van der Waals surface area (Å²) in [5.41, 5.74) is 4.05. The number of nitrogens with zero attached hydrogens (tertiary/aromatic N) is 3. The van der Waals surface area contributed by atoms with Crippen LogP contribution in [0.2, 0.25) is 0 Å². The van der Waals surface area contributed by atoms with Crippen LogP contribution in [0.3, 0.4) is 0 Å². The topological polar surface area (TPSA) is 78.7 Å². The number of carbonyl (C=O) groups is 1. The largest absolute Gasteiger partial charge is 0.326 e. The van der Waals surface area contributed by atoms with Gasteiger partial charge in [0.25, 0.3) is 5.69 Å². The minimum Gasteiger partial charge on any atom is -0.326 e. The van der Waals surface area contributed by atoms with Gasteiger partial charge >= 0.3 is 0 Å². The molecule has 2 aromatic rings. The third kappa shape index (κ3) is 5.85. The summed E-state index contributed by atoms with van der Waals surface area (Å²) in [5, 5.41) is 13.7. The van der Waals surface area contributed by atoms with E-state index in [0.29, 0.717) is 17.7 Å². The van der Waals surface area contributed by atoms with Crippen LogP contribution in [0.5, 0.6) is 0 Å². The highest BCUT2D eigenvalue weighted by molar-refractivity contribution is 5.91. The van der Waals surface area contributed by atoms with E-state index in [4.69, 9.17) is 0 Å². The number of nitro groups is 1. The van der Waals surface area contributed by atoms with Crippen molar-refractivity contribution in [2.45, 2.75) is 26.8 Å². The Morgan fingerprint density at radius 3 is 2.38 bits per heavy atom. The number of benzene rings is 2. The Hall–Kier alpha value is -2.77. The Bertz CT molecular complexity index is 876. The first-order chi connectivity index (χ1) is 13.9. The predicted octanol–water partition coefficient (Wildman–Crippen LogP) is 3.36. The van der Waals surface area contributed by atoms with Gasteiger partial charge in [0.1, 0.15) is 0 Å². The molecule has 3 rings (SSSR count). The first-order valence-electron chi connectivity index (χ1n) is 9.96. The van der Waals surface area contributed by atoms with Gasteiger partial charge in [-0.05, 0) is 36.6 Å². The Labute approximate surface area is 171 Å². The van der Waals surface area contributed by atoms with Gasteiger partial charge in [-0.25, -0.2) is 0 Å². The van der Waals surface area contributed by atoms with E-state index in [1.165, 1.54) is 23.3 Å². The minimum absolute atomic E-state index is 0.0315. The molecule has 7 heteroatoms. The summed E-state index contributed by atoms with van der Waals surface area (Å²) < 4.78 is 0. The molecule has 154 valence electrons. The maximum absolute atomic E-state index is 12.3. The third-order valence-electron chi connectivity index (χ3n) is 5.47. The molecule has 1 heterocycles. The predicted molar refractivity (Wildman–Crippen MR) is 114 cm³/mol. The van der Waals surface area contributed by atoms with Crippen molar-refractivity contribution in [2.24, 2.45) is 0 Å². The highest BCUT2D eigenvalue weighted by Crippen LogP contribution is 2.21. The number of amides is 1. The van der Waals surface area contributed by atoms with E-state index >= 15 is 0 Å². The fourth-order valence-electron chi connectivity index (χ4n) is 3.57. The summed E-state index contributed by atoms with van der Waals surface area (Å²) in [5.74, 6) is -0.0655. The fraction of sp³-hybridized carbons (Fsp3) is 0.409. The molecule has 29 heavy (non-hydrogen) atoms. The summed E-state index contributed by atoms with van der Waals surface area (Å²) in [6, 6.07) is 13.0. The second-order valence-electron chi connectivity index (χ2n) is 7.60. The van der Waals surface area contributed by atoms with Crippen LogP contribution >= 0.6 is 0 Å². The Morgan fingerprint density at radius 2 is 1.72 bits per heavy atom. The van der Waals surface area contributed by atoms with Crippen LogP contribution in [0.15, 0.2) is 42.5 Å². The van der Waals surface area contributed by atoms with Crippen LogP contribution in [0.25, 0.3) is 0 Å². The first-order valence-corrected chi connectivity index (χ1v) is 9.96. The number of nitro benzene ring substituents is 1. The van der Waals surface area contributed by atoms with Gasteiger partial charge in [0.05, 0.1) is 4.92 Å². The van der Waals surface area contributed by atoms with E-state index in [1.807, 2.05) is 0 Å². The van der Waals surface area contributed by atoms with Crippen LogP contribution in [0, 0.1) is 24.0 Å². The van der Waals surface area contributed by atoms with Gasteiger partial charge in [-0.1, -0.05) is 24.3 Å². The van der Waals surface area contributed by atoms with Gasteiger partial charge in [0.2, 0.25) is 5.91 Å². The first kappa shape index (κ1) is 21.0. The van der Waals surface area contributed by atoms with E-state index in [0.717, 1.165) is 39.3 Å². The van der Waals surface area contributed by atoms with E-state index in [-0.39, 0.29) is 11.6 Å². The second kappa shape index (κ2) is 9.62. The molecule has 1 aliphatic heterocycles. The number of aryl methyl sites for hydroxylation is 2. The zero-order chi connectivity index (χ0) is 20.8. The summed E-state index contributed by atoms with van der Waals surface area (Å²) in [6.07, 6.45) is 0.411. The maximum Gasteiger partial charge on any atom is 0.269 e. The molecule has 0 atom stereocenters. The number of nitrogens with one attached hydrogen (secondary N) is 1. The minimum atomic E-state index is -0.433. The second-order valence-corrected chi connectivity index (χ2v) is 7.60. The molecule has 1 N–H and O–H groups in total. The van der Waals surface area contributed by atoms with E-state index in [9.17, 15) is 14.9 Å². The van der Waals surface area contributed by atoms with Crippen molar-refractivity contribution >= 4 is 17.3 Å². The van der Waals surface area contributed by atoms with Crippen molar-refractivity contribution < 1.29 is 9.72 Å². The van der Waals surface area contributed by atoms with Crippen molar-refractivity contribution in [3.63, 3.8) is 0 Å². The highest BCUT2D eigenvalue weighted by Gasteiger charge is 2.18. The summed E-state index contributed by atoms with van der Waals surface area (Å²) in [7, 11) is 0. The molecule has 0 unspecified atom stereocenters. The SMILES string of the molecule is Cc1ccccc1CN1CCN(CCC(=O)Nc2ccc([N+](=O)[O-])cc2C)CC1. The van der Waals surface area contributed by atoms with E-state index in [2.05, 4.69) is 46.3 Å². The normalized spacial score (nSPS) is 15.2. The average Bonchev–Trinajstić information content (AvgIpc) is 2.70. The van der Waals surface area contributed by atoms with Crippen LogP contribution in [-0.4, -0.2) is 53.4 Å². The molecule has 0 bridgehead atoms. The van der Waals surface area contributed by atoms with Crippen LogP contribution in [0.1, 0.15) is 23.1 Å². The molecule has 0 saturated carbocycles. The van der Waals surface area contributed by atoms with Gasteiger partial charge in [-0.15, -0.1) is 0 Å². The smallest absolute Gasteiger partial charge is 0.269 e. The third-order valence-corrected chi connectivity index (χ3v) is 5.47. The van der Waals surface area contributed by atoms with Crippen molar-refractivity contribution in [3.05, 3.63) is 69.3 Å². The molecule has 1 aliphatic rings. The van der Waals surface area contributed by atoms with Crippen LogP contribution in [0.4, 0.5) is 11.4 Å². The standard InChI is InChI=1S/C22H28N4O3/c1-17-5-3-4-6-19(17)16-25-13-11-24(12-14-25)10-9-22(27)23-21-8-7-20(26(28)29)15-18(21)2/h3-8,15H,9-14,16H2,1-2H3,(H,23,27). The Balaban J connectivity index is 1.41. The number of non-ortho nitro benzene ring substituents is 1. The molecule has 7 nitrogen and oxygen atoms in total. The molecule has 0 spiro atoms. The monoisotopic (exact) mass is 396 g/mol. The molecule has 1 amide bonds. The van der Waals surface area contributed by atoms with E-state index < -0.39 is 4.92 Å². The summed E-state index contributed by atoms with van der Waals surface area (Å²) >= 11 is 0. The number of hydrogen-bond donors (Lipinski definition) is 1. The van der Waals surface area contributed by atoms with Crippen molar-refractivity contribution in [3.8, 4) is 0 Å². The molecule has 0 radical (unpaired) electrons. The van der Waals surface area contributed by atoms with Crippen LogP contribution < -0.4 is 5.32 Å². The van der Waals surface area contributed by atoms with E-state index in [1.54, 1.807) is 13.0 Å². The zero-order valence-corrected chi connectivity index (χ0v) is 17.1. The van der Waals surface area contributed by atoms with Crippen LogP contribution in [-0.2, 0) is 11.3 Å². The molecule has 0 aliphatic carbocycles. The van der Waals surface area contributed by atoms with Gasteiger partial charge in [0.15, 0.2) is 0 Å². The Morgan fingerprint density at radius 1 is 1.03 bits per heavy atom. The van der Waals surface area contributed by atoms with Gasteiger partial charge in [-0.2, -0.15) is 0 Å². The quantitative estimate of drug-likeness (QED) is 0.573. The number of carbonyl (C=O) groups excluding carboxylic acids is 1. The molecular formula is C22H28N4O3. The fourth-order valence-corrected chi connectivity index (χ4v) is 3.57. The lowest BCUT2D eigenvalue weighted by Gasteiger charge is -2.34. The van der Waals surface area contributed by atoms with Crippen molar-refractivity contribution in [2.75, 3.05) is 38.0 Å². The van der Waals surface area contributed by atoms with Crippen molar-refractivity contribution in [1.82, 2.24) is 9.80 Å². The number of rotatable bonds is 7. The molecule has 1 saturated heterocycles. The highest BCUT2D eigenvalue weighted by atomic mass is 16.6. The number of piperazine rings is 1. The lowest BCUT2D eigenvalue weighted by molar-refractivity contribution is -0.384.